The topological polar surface area (TPSA) is 68.4 Å². The molecule has 1 amide bonds. The van der Waals surface area contributed by atoms with Crippen LogP contribution in [0.4, 0.5) is 0 Å². The first-order valence-electron chi connectivity index (χ1n) is 8.40. The molecule has 130 valence electrons. The van der Waals surface area contributed by atoms with Gasteiger partial charge in [-0.05, 0) is 55.6 Å². The number of hydrogen-bond acceptors (Lipinski definition) is 3. The lowest BCUT2D eigenvalue weighted by molar-refractivity contribution is 0.0756. The van der Waals surface area contributed by atoms with Crippen LogP contribution in [0.3, 0.4) is 0 Å². The fraction of sp³-hybridized carbons (Fsp3) is 0.500. The lowest BCUT2D eigenvalue weighted by Crippen LogP contribution is -2.43. The second-order valence-corrected chi connectivity index (χ2v) is 6.96. The number of hydrogen-bond donors (Lipinski definition) is 3. The van der Waals surface area contributed by atoms with Crippen LogP contribution < -0.4 is 5.32 Å². The monoisotopic (exact) mass is 349 g/mol. The fourth-order valence-corrected chi connectivity index (χ4v) is 4.30. The summed E-state index contributed by atoms with van der Waals surface area (Å²) in [5, 5.41) is 14.3. The zero-order chi connectivity index (χ0) is 15.9. The van der Waals surface area contributed by atoms with E-state index in [0.717, 1.165) is 48.9 Å². The van der Waals surface area contributed by atoms with Gasteiger partial charge in [0.25, 0.3) is 5.91 Å². The van der Waals surface area contributed by atoms with E-state index in [1.54, 1.807) is 0 Å². The van der Waals surface area contributed by atoms with Crippen molar-refractivity contribution in [1.29, 1.82) is 0 Å². The number of H-pyrrole nitrogens is 1. The Kier molecular flexibility index (Phi) is 4.85. The van der Waals surface area contributed by atoms with Crippen molar-refractivity contribution in [2.24, 2.45) is 11.3 Å². The number of carbonyl (C=O) groups excluding carboxylic acids is 1. The molecular formula is C18H24ClN3O2. The maximum absolute atomic E-state index is 12.9. The van der Waals surface area contributed by atoms with Crippen LogP contribution >= 0.6 is 12.4 Å². The Bertz CT molecular complexity index is 724. The lowest BCUT2D eigenvalue weighted by atomic mass is 9.71. The minimum absolute atomic E-state index is 0. The van der Waals surface area contributed by atoms with Gasteiger partial charge in [0.15, 0.2) is 0 Å². The fourth-order valence-electron chi connectivity index (χ4n) is 4.30. The molecule has 1 spiro atoms. The average Bonchev–Trinajstić information content (AvgIpc) is 3.19. The van der Waals surface area contributed by atoms with Gasteiger partial charge in [0, 0.05) is 48.3 Å². The van der Waals surface area contributed by atoms with Crippen LogP contribution in [0.25, 0.3) is 10.9 Å². The predicted octanol–water partition coefficient (Wildman–Crippen LogP) is 2.02. The quantitative estimate of drug-likeness (QED) is 0.777. The number of likely N-dealkylation sites (tertiary alicyclic amines) is 1. The van der Waals surface area contributed by atoms with Crippen molar-refractivity contribution < 1.29 is 9.90 Å². The van der Waals surface area contributed by atoms with Crippen molar-refractivity contribution in [3.8, 4) is 0 Å². The summed E-state index contributed by atoms with van der Waals surface area (Å²) in [6.45, 7) is 3.56. The molecule has 4 rings (SSSR count). The summed E-state index contributed by atoms with van der Waals surface area (Å²) in [5.74, 6) is 0.284. The third kappa shape index (κ3) is 2.81. The number of aliphatic hydroxyl groups excluding tert-OH is 1. The van der Waals surface area contributed by atoms with Crippen LogP contribution in [0.5, 0.6) is 0 Å². The van der Waals surface area contributed by atoms with Crippen LogP contribution in [-0.4, -0.2) is 53.7 Å². The van der Waals surface area contributed by atoms with Gasteiger partial charge >= 0.3 is 0 Å². The molecule has 2 aromatic rings. The number of aromatic amines is 1. The molecule has 24 heavy (non-hydrogen) atoms. The molecule has 3 N–H and O–H groups in total. The van der Waals surface area contributed by atoms with E-state index >= 15 is 0 Å². The summed E-state index contributed by atoms with van der Waals surface area (Å²) < 4.78 is 0. The highest BCUT2D eigenvalue weighted by Crippen LogP contribution is 2.43. The number of carbonyl (C=O) groups is 1. The van der Waals surface area contributed by atoms with Gasteiger partial charge in [-0.25, -0.2) is 0 Å². The Labute approximate surface area is 147 Å². The van der Waals surface area contributed by atoms with Crippen molar-refractivity contribution >= 4 is 29.2 Å². The van der Waals surface area contributed by atoms with Gasteiger partial charge in [-0.1, -0.05) is 0 Å². The molecule has 0 saturated carbocycles. The van der Waals surface area contributed by atoms with Crippen molar-refractivity contribution in [2.45, 2.75) is 12.8 Å². The summed E-state index contributed by atoms with van der Waals surface area (Å²) in [7, 11) is 0. The molecule has 1 aromatic carbocycles. The van der Waals surface area contributed by atoms with Gasteiger partial charge < -0.3 is 20.3 Å². The number of benzene rings is 1. The number of aliphatic hydroxyl groups is 1. The Morgan fingerprint density at radius 1 is 1.29 bits per heavy atom. The van der Waals surface area contributed by atoms with Gasteiger partial charge in [0.05, 0.1) is 0 Å². The van der Waals surface area contributed by atoms with Crippen LogP contribution in [0.1, 0.15) is 23.2 Å². The first-order chi connectivity index (χ1) is 11.2. The number of amides is 1. The molecule has 5 nitrogen and oxygen atoms in total. The molecule has 2 aliphatic heterocycles. The molecule has 0 radical (unpaired) electrons. The molecule has 2 fully saturated rings. The molecule has 1 unspecified atom stereocenters. The van der Waals surface area contributed by atoms with Crippen molar-refractivity contribution in [2.75, 3.05) is 32.8 Å². The number of aromatic nitrogens is 1. The molecule has 1 aromatic heterocycles. The maximum atomic E-state index is 12.9. The number of piperidine rings is 1. The van der Waals surface area contributed by atoms with Gasteiger partial charge in [-0.15, -0.1) is 12.4 Å². The third-order valence-corrected chi connectivity index (χ3v) is 5.72. The summed E-state index contributed by atoms with van der Waals surface area (Å²) in [6, 6.07) is 7.79. The van der Waals surface area contributed by atoms with E-state index in [1.807, 2.05) is 35.4 Å². The molecule has 2 saturated heterocycles. The zero-order valence-electron chi connectivity index (χ0n) is 13.6. The molecule has 6 heteroatoms. The van der Waals surface area contributed by atoms with Crippen LogP contribution in [-0.2, 0) is 0 Å². The third-order valence-electron chi connectivity index (χ3n) is 5.72. The van der Waals surface area contributed by atoms with E-state index in [4.69, 9.17) is 0 Å². The van der Waals surface area contributed by atoms with Gasteiger partial charge in [-0.2, -0.15) is 0 Å². The number of fused-ring (bicyclic) bond motifs is 1. The molecule has 1 atom stereocenters. The van der Waals surface area contributed by atoms with Gasteiger partial charge in [0.2, 0.25) is 0 Å². The van der Waals surface area contributed by atoms with Crippen molar-refractivity contribution in [3.63, 3.8) is 0 Å². The number of rotatable bonds is 2. The Hall–Kier alpha value is -1.56. The smallest absolute Gasteiger partial charge is 0.253 e. The lowest BCUT2D eigenvalue weighted by Gasteiger charge is -2.37. The van der Waals surface area contributed by atoms with Crippen LogP contribution in [0, 0.1) is 11.3 Å². The minimum Gasteiger partial charge on any atom is -0.396 e. The van der Waals surface area contributed by atoms with E-state index in [0.29, 0.717) is 6.54 Å². The van der Waals surface area contributed by atoms with E-state index in [-0.39, 0.29) is 36.3 Å². The first-order valence-corrected chi connectivity index (χ1v) is 8.40. The van der Waals surface area contributed by atoms with Crippen LogP contribution in [0.15, 0.2) is 30.5 Å². The Morgan fingerprint density at radius 2 is 2.08 bits per heavy atom. The van der Waals surface area contributed by atoms with Crippen molar-refractivity contribution in [3.05, 3.63) is 36.0 Å². The molecular weight excluding hydrogens is 326 g/mol. The van der Waals surface area contributed by atoms with E-state index in [2.05, 4.69) is 10.3 Å². The summed E-state index contributed by atoms with van der Waals surface area (Å²) in [5.41, 5.74) is 1.87. The van der Waals surface area contributed by atoms with E-state index < -0.39 is 0 Å². The Balaban J connectivity index is 0.00000169. The predicted molar refractivity (Wildman–Crippen MR) is 96.6 cm³/mol. The van der Waals surface area contributed by atoms with Gasteiger partial charge in [0.1, 0.15) is 0 Å². The minimum atomic E-state index is 0. The molecule has 3 heterocycles. The highest BCUT2D eigenvalue weighted by molar-refractivity contribution is 5.98. The van der Waals surface area contributed by atoms with E-state index in [9.17, 15) is 9.90 Å². The standard InChI is InChI=1S/C18H23N3O2.ClH/c22-11-15-10-21(12-18(15)4-7-19-8-5-18)17(23)14-1-2-16-13(9-14)3-6-20-16;/h1-3,6,9,15,19-20,22H,4-5,7-8,10-12H2;1H. The van der Waals surface area contributed by atoms with E-state index in [1.165, 1.54) is 0 Å². The molecule has 0 aliphatic carbocycles. The number of nitrogens with one attached hydrogen (secondary N) is 2. The SMILES string of the molecule is Cl.O=C(c1ccc2[nH]ccc2c1)N1CC(CO)C2(CCNCC2)C1. The number of nitrogens with zero attached hydrogens (tertiary/aromatic N) is 1. The summed E-state index contributed by atoms with van der Waals surface area (Å²) in [4.78, 5) is 18.0. The maximum Gasteiger partial charge on any atom is 0.253 e. The molecule has 2 aliphatic rings. The largest absolute Gasteiger partial charge is 0.396 e. The number of halogens is 1. The Morgan fingerprint density at radius 3 is 2.83 bits per heavy atom. The summed E-state index contributed by atoms with van der Waals surface area (Å²) in [6.07, 6.45) is 3.97. The van der Waals surface area contributed by atoms with Gasteiger partial charge in [-0.3, -0.25) is 4.79 Å². The highest BCUT2D eigenvalue weighted by Gasteiger charge is 2.47. The average molecular weight is 350 g/mol. The normalized spacial score (nSPS) is 22.7. The second-order valence-electron chi connectivity index (χ2n) is 6.96. The van der Waals surface area contributed by atoms with Crippen LogP contribution in [0.2, 0.25) is 0 Å². The summed E-state index contributed by atoms with van der Waals surface area (Å²) >= 11 is 0. The van der Waals surface area contributed by atoms with Crippen molar-refractivity contribution in [1.82, 2.24) is 15.2 Å². The zero-order valence-corrected chi connectivity index (χ0v) is 14.4. The molecule has 0 bridgehead atoms. The highest BCUT2D eigenvalue weighted by atomic mass is 35.5. The first kappa shape index (κ1) is 17.3. The second kappa shape index (κ2) is 6.75.